The van der Waals surface area contributed by atoms with Crippen LogP contribution in [-0.4, -0.2) is 28.4 Å². The van der Waals surface area contributed by atoms with Gasteiger partial charge in [-0.25, -0.2) is 28.1 Å². The van der Waals surface area contributed by atoms with Crippen LogP contribution in [0.2, 0.25) is 0 Å². The lowest BCUT2D eigenvalue weighted by molar-refractivity contribution is 0.463. The molecule has 0 radical (unpaired) electrons. The Hall–Kier alpha value is -3.85. The van der Waals surface area contributed by atoms with Gasteiger partial charge < -0.3 is 4.74 Å². The third-order valence-corrected chi connectivity index (χ3v) is 5.15. The summed E-state index contributed by atoms with van der Waals surface area (Å²) in [6.07, 6.45) is 4.53. The SMILES string of the molecule is O=S(=O)(Nc1nc(Oc2ccccc2)cc(-c2cncnc2)n1)c1ccccc1. The molecule has 2 aromatic carbocycles. The van der Waals surface area contributed by atoms with E-state index in [0.717, 1.165) is 0 Å². The minimum Gasteiger partial charge on any atom is -0.439 e. The van der Waals surface area contributed by atoms with Gasteiger partial charge >= 0.3 is 0 Å². The molecule has 0 atom stereocenters. The van der Waals surface area contributed by atoms with Gasteiger partial charge in [-0.1, -0.05) is 36.4 Å². The van der Waals surface area contributed by atoms with Gasteiger partial charge in [0.1, 0.15) is 12.1 Å². The van der Waals surface area contributed by atoms with Gasteiger partial charge in [0, 0.05) is 24.0 Å². The fourth-order valence-electron chi connectivity index (χ4n) is 2.49. The van der Waals surface area contributed by atoms with Crippen molar-refractivity contribution in [1.82, 2.24) is 19.9 Å². The molecule has 0 amide bonds. The van der Waals surface area contributed by atoms with Crippen LogP contribution < -0.4 is 9.46 Å². The predicted molar refractivity (Wildman–Crippen MR) is 107 cm³/mol. The molecule has 0 fully saturated rings. The minimum atomic E-state index is -3.86. The van der Waals surface area contributed by atoms with E-state index in [-0.39, 0.29) is 16.7 Å². The number of sulfonamides is 1. The van der Waals surface area contributed by atoms with E-state index >= 15 is 0 Å². The van der Waals surface area contributed by atoms with Gasteiger partial charge in [0.05, 0.1) is 10.6 Å². The fraction of sp³-hybridized carbons (Fsp3) is 0. The zero-order chi connectivity index (χ0) is 20.1. The van der Waals surface area contributed by atoms with Crippen LogP contribution >= 0.6 is 0 Å². The minimum absolute atomic E-state index is 0.0996. The lowest BCUT2D eigenvalue weighted by atomic mass is 10.2. The molecule has 2 heterocycles. The maximum Gasteiger partial charge on any atom is 0.264 e. The number of hydrogen-bond acceptors (Lipinski definition) is 7. The lowest BCUT2D eigenvalue weighted by Gasteiger charge is -2.11. The van der Waals surface area contributed by atoms with Crippen molar-refractivity contribution < 1.29 is 13.2 Å². The molecule has 1 N–H and O–H groups in total. The molecule has 0 saturated heterocycles. The van der Waals surface area contributed by atoms with Crippen molar-refractivity contribution >= 4 is 16.0 Å². The molecular weight excluding hydrogens is 390 g/mol. The van der Waals surface area contributed by atoms with Crippen molar-refractivity contribution in [3.05, 3.63) is 85.5 Å². The Balaban J connectivity index is 1.73. The van der Waals surface area contributed by atoms with E-state index in [4.69, 9.17) is 4.74 Å². The second-order valence-electron chi connectivity index (χ2n) is 5.88. The highest BCUT2D eigenvalue weighted by molar-refractivity contribution is 7.92. The second-order valence-corrected chi connectivity index (χ2v) is 7.56. The number of nitrogens with one attached hydrogen (secondary N) is 1. The highest BCUT2D eigenvalue weighted by atomic mass is 32.2. The Morgan fingerprint density at radius 3 is 2.17 bits per heavy atom. The van der Waals surface area contributed by atoms with Crippen LogP contribution in [0.25, 0.3) is 11.3 Å². The molecule has 4 aromatic rings. The number of nitrogens with zero attached hydrogens (tertiary/aromatic N) is 4. The van der Waals surface area contributed by atoms with Gasteiger partial charge in [-0.2, -0.15) is 4.98 Å². The molecule has 0 aliphatic rings. The number of benzene rings is 2. The van der Waals surface area contributed by atoms with Crippen LogP contribution in [-0.2, 0) is 10.0 Å². The van der Waals surface area contributed by atoms with E-state index in [9.17, 15) is 8.42 Å². The number of rotatable bonds is 6. The first-order chi connectivity index (χ1) is 14.1. The molecule has 0 spiro atoms. The number of hydrogen-bond donors (Lipinski definition) is 1. The Morgan fingerprint density at radius 1 is 0.828 bits per heavy atom. The topological polar surface area (TPSA) is 107 Å². The summed E-state index contributed by atoms with van der Waals surface area (Å²) in [6.45, 7) is 0. The highest BCUT2D eigenvalue weighted by Crippen LogP contribution is 2.26. The van der Waals surface area contributed by atoms with Crippen molar-refractivity contribution in [3.63, 3.8) is 0 Å². The van der Waals surface area contributed by atoms with Gasteiger partial charge in [0.15, 0.2) is 0 Å². The maximum absolute atomic E-state index is 12.7. The zero-order valence-electron chi connectivity index (χ0n) is 15.0. The monoisotopic (exact) mass is 405 g/mol. The first-order valence-electron chi connectivity index (χ1n) is 8.55. The van der Waals surface area contributed by atoms with Gasteiger partial charge in [-0.15, -0.1) is 0 Å². The van der Waals surface area contributed by atoms with Crippen molar-refractivity contribution in [1.29, 1.82) is 0 Å². The third-order valence-electron chi connectivity index (χ3n) is 3.80. The van der Waals surface area contributed by atoms with Crippen molar-refractivity contribution in [2.45, 2.75) is 4.90 Å². The largest absolute Gasteiger partial charge is 0.439 e. The summed E-state index contributed by atoms with van der Waals surface area (Å²) >= 11 is 0. The summed E-state index contributed by atoms with van der Waals surface area (Å²) in [5, 5.41) is 0. The van der Waals surface area contributed by atoms with Gasteiger partial charge in [0.25, 0.3) is 10.0 Å². The van der Waals surface area contributed by atoms with Crippen LogP contribution in [0.5, 0.6) is 11.6 Å². The smallest absolute Gasteiger partial charge is 0.264 e. The zero-order valence-corrected chi connectivity index (χ0v) is 15.8. The highest BCUT2D eigenvalue weighted by Gasteiger charge is 2.17. The fourth-order valence-corrected chi connectivity index (χ4v) is 3.46. The van der Waals surface area contributed by atoms with Crippen molar-refractivity contribution in [2.24, 2.45) is 0 Å². The molecule has 29 heavy (non-hydrogen) atoms. The standard InChI is InChI=1S/C20H15N5O3S/c26-29(27,17-9-5-2-6-10-17)25-20-23-18(15-12-21-14-22-13-15)11-19(24-20)28-16-7-3-1-4-8-16/h1-14H,(H,23,24,25). The molecule has 0 aliphatic heterocycles. The quantitative estimate of drug-likeness (QED) is 0.523. The van der Waals surface area contributed by atoms with Gasteiger partial charge in [0.2, 0.25) is 11.8 Å². The summed E-state index contributed by atoms with van der Waals surface area (Å²) in [7, 11) is -3.86. The van der Waals surface area contributed by atoms with E-state index in [2.05, 4.69) is 24.7 Å². The molecular formula is C20H15N5O3S. The van der Waals surface area contributed by atoms with Crippen LogP contribution in [0, 0.1) is 0 Å². The summed E-state index contributed by atoms with van der Waals surface area (Å²) in [6, 6.07) is 18.6. The number of para-hydroxylation sites is 1. The van der Waals surface area contributed by atoms with Gasteiger partial charge in [-0.3, -0.25) is 0 Å². The average Bonchev–Trinajstić information content (AvgIpc) is 2.75. The summed E-state index contributed by atoms with van der Waals surface area (Å²) < 4.78 is 33.5. The van der Waals surface area contributed by atoms with Crippen molar-refractivity contribution in [3.8, 4) is 22.9 Å². The Bertz CT molecular complexity index is 1200. The second kappa shape index (κ2) is 8.03. The molecule has 144 valence electrons. The normalized spacial score (nSPS) is 11.0. The Labute approximate surface area is 167 Å². The van der Waals surface area contributed by atoms with E-state index in [1.54, 1.807) is 48.8 Å². The molecule has 0 aliphatic carbocycles. The number of aromatic nitrogens is 4. The van der Waals surface area contributed by atoms with Crippen LogP contribution in [0.15, 0.2) is 90.3 Å². The first-order valence-corrected chi connectivity index (χ1v) is 10.0. The molecule has 0 unspecified atom stereocenters. The van der Waals surface area contributed by atoms with E-state index < -0.39 is 10.0 Å². The number of anilines is 1. The van der Waals surface area contributed by atoms with E-state index in [1.165, 1.54) is 18.5 Å². The van der Waals surface area contributed by atoms with Crippen LogP contribution in [0.3, 0.4) is 0 Å². The Morgan fingerprint density at radius 2 is 1.48 bits per heavy atom. The van der Waals surface area contributed by atoms with E-state index in [1.807, 2.05) is 18.2 Å². The summed E-state index contributed by atoms with van der Waals surface area (Å²) in [5.41, 5.74) is 1.00. The van der Waals surface area contributed by atoms with Gasteiger partial charge in [-0.05, 0) is 24.3 Å². The van der Waals surface area contributed by atoms with E-state index in [0.29, 0.717) is 17.0 Å². The molecule has 9 heteroatoms. The Kier molecular flexibility index (Phi) is 5.12. The summed E-state index contributed by atoms with van der Waals surface area (Å²) in [4.78, 5) is 16.5. The molecule has 0 saturated carbocycles. The predicted octanol–water partition coefficient (Wildman–Crippen LogP) is 3.53. The van der Waals surface area contributed by atoms with Crippen LogP contribution in [0.1, 0.15) is 0 Å². The summed E-state index contributed by atoms with van der Waals surface area (Å²) in [5.74, 6) is 0.607. The average molecular weight is 405 g/mol. The van der Waals surface area contributed by atoms with Crippen LogP contribution in [0.4, 0.5) is 5.95 Å². The molecule has 8 nitrogen and oxygen atoms in total. The first kappa shape index (κ1) is 18.5. The van der Waals surface area contributed by atoms with Crippen molar-refractivity contribution in [2.75, 3.05) is 4.72 Å². The molecule has 0 bridgehead atoms. The number of ether oxygens (including phenoxy) is 1. The third kappa shape index (κ3) is 4.53. The maximum atomic E-state index is 12.7. The molecule has 4 rings (SSSR count). The lowest BCUT2D eigenvalue weighted by Crippen LogP contribution is -2.15. The molecule has 2 aromatic heterocycles.